The molecule has 2 aliphatic rings. The van der Waals surface area contributed by atoms with E-state index >= 15 is 0 Å². The van der Waals surface area contributed by atoms with Gasteiger partial charge in [0.25, 0.3) is 0 Å². The van der Waals surface area contributed by atoms with Crippen LogP contribution in [-0.4, -0.2) is 37.2 Å². The van der Waals surface area contributed by atoms with Gasteiger partial charge in [0.15, 0.2) is 0 Å². The normalized spacial score (nSPS) is 31.6. The maximum absolute atomic E-state index is 5.64. The third kappa shape index (κ3) is 2.29. The van der Waals surface area contributed by atoms with Crippen LogP contribution < -0.4 is 0 Å². The van der Waals surface area contributed by atoms with Gasteiger partial charge in [-0.2, -0.15) is 0 Å². The molecule has 0 aromatic carbocycles. The van der Waals surface area contributed by atoms with Crippen LogP contribution in [0.3, 0.4) is 0 Å². The second-order valence-electron chi connectivity index (χ2n) is 4.63. The molecule has 2 nitrogen and oxygen atoms in total. The van der Waals surface area contributed by atoms with Crippen molar-refractivity contribution in [3.8, 4) is 11.8 Å². The van der Waals surface area contributed by atoms with Gasteiger partial charge >= 0.3 is 0 Å². The number of fused-ring (bicyclic) bond motifs is 1. The lowest BCUT2D eigenvalue weighted by atomic mass is 10.1. The third-order valence-corrected chi connectivity index (χ3v) is 2.97. The molecule has 0 saturated carbocycles. The first-order chi connectivity index (χ1) is 6.75. The van der Waals surface area contributed by atoms with Gasteiger partial charge < -0.3 is 4.74 Å². The Balaban J connectivity index is 1.77. The molecule has 0 radical (unpaired) electrons. The molecule has 0 aromatic rings. The second-order valence-corrected chi connectivity index (χ2v) is 4.63. The van der Waals surface area contributed by atoms with Gasteiger partial charge in [-0.05, 0) is 6.42 Å². The van der Waals surface area contributed by atoms with Crippen molar-refractivity contribution >= 4 is 0 Å². The SMILES string of the molecule is CC(C)C#CCN1CC2CCOC2C1. The first kappa shape index (κ1) is 10.0. The Labute approximate surface area is 86.6 Å². The minimum Gasteiger partial charge on any atom is -0.377 e. The van der Waals surface area contributed by atoms with Crippen molar-refractivity contribution < 1.29 is 4.74 Å². The topological polar surface area (TPSA) is 12.5 Å². The lowest BCUT2D eigenvalue weighted by Crippen LogP contribution is -2.23. The Morgan fingerprint density at radius 2 is 2.29 bits per heavy atom. The molecule has 2 heterocycles. The van der Waals surface area contributed by atoms with Gasteiger partial charge in [0.05, 0.1) is 12.6 Å². The van der Waals surface area contributed by atoms with E-state index in [1.165, 1.54) is 13.0 Å². The molecule has 78 valence electrons. The quantitative estimate of drug-likeness (QED) is 0.583. The number of rotatable bonds is 1. The molecule has 2 heteroatoms. The van der Waals surface area contributed by atoms with E-state index in [2.05, 4.69) is 30.6 Å². The van der Waals surface area contributed by atoms with Crippen molar-refractivity contribution in [2.45, 2.75) is 26.4 Å². The minimum atomic E-state index is 0.494. The van der Waals surface area contributed by atoms with Crippen LogP contribution in [-0.2, 0) is 4.74 Å². The summed E-state index contributed by atoms with van der Waals surface area (Å²) in [6.45, 7) is 8.45. The van der Waals surface area contributed by atoms with Crippen LogP contribution in [0.1, 0.15) is 20.3 Å². The molecular weight excluding hydrogens is 174 g/mol. The summed E-state index contributed by atoms with van der Waals surface area (Å²) in [6.07, 6.45) is 1.76. The van der Waals surface area contributed by atoms with Gasteiger partial charge in [-0.25, -0.2) is 0 Å². The van der Waals surface area contributed by atoms with Gasteiger partial charge in [-0.3, -0.25) is 4.90 Å². The summed E-state index contributed by atoms with van der Waals surface area (Å²) >= 11 is 0. The van der Waals surface area contributed by atoms with E-state index in [1.54, 1.807) is 0 Å². The standard InChI is InChI=1S/C12H19NO/c1-10(2)4-3-6-13-8-11-5-7-14-12(11)9-13/h10-12H,5-9H2,1-2H3. The van der Waals surface area contributed by atoms with Crippen molar-refractivity contribution in [2.24, 2.45) is 11.8 Å². The van der Waals surface area contributed by atoms with E-state index in [0.29, 0.717) is 12.0 Å². The smallest absolute Gasteiger partial charge is 0.0743 e. The monoisotopic (exact) mass is 193 g/mol. The molecule has 0 aromatic heterocycles. The Bertz CT molecular complexity index is 239. The van der Waals surface area contributed by atoms with Crippen molar-refractivity contribution in [3.05, 3.63) is 0 Å². The number of nitrogens with zero attached hydrogens (tertiary/aromatic N) is 1. The fourth-order valence-corrected chi connectivity index (χ4v) is 2.25. The molecule has 2 aliphatic heterocycles. The van der Waals surface area contributed by atoms with Crippen molar-refractivity contribution in [1.29, 1.82) is 0 Å². The zero-order chi connectivity index (χ0) is 9.97. The molecule has 2 atom stereocenters. The lowest BCUT2D eigenvalue weighted by Gasteiger charge is -2.12. The van der Waals surface area contributed by atoms with Crippen LogP contribution in [0.5, 0.6) is 0 Å². The predicted octanol–water partition coefficient (Wildman–Crippen LogP) is 1.37. The summed E-state index contributed by atoms with van der Waals surface area (Å²) in [5.74, 6) is 7.72. The van der Waals surface area contributed by atoms with E-state index in [-0.39, 0.29) is 0 Å². The molecule has 0 spiro atoms. The van der Waals surface area contributed by atoms with Gasteiger partial charge in [0, 0.05) is 31.5 Å². The zero-order valence-electron chi connectivity index (χ0n) is 9.12. The summed E-state index contributed by atoms with van der Waals surface area (Å²) in [5.41, 5.74) is 0. The largest absolute Gasteiger partial charge is 0.377 e. The number of likely N-dealkylation sites (tertiary alicyclic amines) is 1. The summed E-state index contributed by atoms with van der Waals surface area (Å²) in [4.78, 5) is 2.42. The highest BCUT2D eigenvalue weighted by Gasteiger charge is 2.36. The maximum Gasteiger partial charge on any atom is 0.0743 e. The number of ether oxygens (including phenoxy) is 1. The van der Waals surface area contributed by atoms with E-state index in [4.69, 9.17) is 4.74 Å². The van der Waals surface area contributed by atoms with Gasteiger partial charge in [0.1, 0.15) is 0 Å². The van der Waals surface area contributed by atoms with Gasteiger partial charge in [0.2, 0.25) is 0 Å². The summed E-state index contributed by atoms with van der Waals surface area (Å²) < 4.78 is 5.64. The van der Waals surface area contributed by atoms with E-state index in [1.807, 2.05) is 0 Å². The van der Waals surface area contributed by atoms with Crippen molar-refractivity contribution in [1.82, 2.24) is 4.90 Å². The van der Waals surface area contributed by atoms with E-state index in [0.717, 1.165) is 25.6 Å². The van der Waals surface area contributed by atoms with Crippen LogP contribution in [0.2, 0.25) is 0 Å². The summed E-state index contributed by atoms with van der Waals surface area (Å²) in [7, 11) is 0. The molecule has 2 saturated heterocycles. The number of hydrogen-bond acceptors (Lipinski definition) is 2. The summed E-state index contributed by atoms with van der Waals surface area (Å²) in [6, 6.07) is 0. The van der Waals surface area contributed by atoms with Crippen molar-refractivity contribution in [2.75, 3.05) is 26.2 Å². The van der Waals surface area contributed by atoms with Crippen LogP contribution in [0.15, 0.2) is 0 Å². The molecule has 0 aliphatic carbocycles. The third-order valence-electron chi connectivity index (χ3n) is 2.97. The first-order valence-corrected chi connectivity index (χ1v) is 5.58. The van der Waals surface area contributed by atoms with Crippen LogP contribution >= 0.6 is 0 Å². The molecule has 14 heavy (non-hydrogen) atoms. The average Bonchev–Trinajstić information content (AvgIpc) is 2.62. The fraction of sp³-hybridized carbons (Fsp3) is 0.833. The second kappa shape index (κ2) is 4.33. The van der Waals surface area contributed by atoms with E-state index in [9.17, 15) is 0 Å². The lowest BCUT2D eigenvalue weighted by molar-refractivity contribution is 0.101. The van der Waals surface area contributed by atoms with Crippen molar-refractivity contribution in [3.63, 3.8) is 0 Å². The predicted molar refractivity (Wildman–Crippen MR) is 56.9 cm³/mol. The Morgan fingerprint density at radius 1 is 1.43 bits per heavy atom. The molecule has 2 rings (SSSR count). The highest BCUT2D eigenvalue weighted by Crippen LogP contribution is 2.28. The Morgan fingerprint density at radius 3 is 3.00 bits per heavy atom. The van der Waals surface area contributed by atoms with Crippen LogP contribution in [0.4, 0.5) is 0 Å². The summed E-state index contributed by atoms with van der Waals surface area (Å²) in [5, 5.41) is 0. The Kier molecular flexibility index (Phi) is 3.10. The highest BCUT2D eigenvalue weighted by atomic mass is 16.5. The minimum absolute atomic E-state index is 0.494. The molecule has 0 bridgehead atoms. The fourth-order valence-electron chi connectivity index (χ4n) is 2.25. The average molecular weight is 193 g/mol. The van der Waals surface area contributed by atoms with E-state index < -0.39 is 0 Å². The number of hydrogen-bond donors (Lipinski definition) is 0. The van der Waals surface area contributed by atoms with Gasteiger partial charge in [-0.1, -0.05) is 25.7 Å². The first-order valence-electron chi connectivity index (χ1n) is 5.58. The Hall–Kier alpha value is -0.520. The molecule has 0 N–H and O–H groups in total. The van der Waals surface area contributed by atoms with Crippen LogP contribution in [0, 0.1) is 23.7 Å². The molecule has 0 amide bonds. The maximum atomic E-state index is 5.64. The van der Waals surface area contributed by atoms with Crippen LogP contribution in [0.25, 0.3) is 0 Å². The highest BCUT2D eigenvalue weighted by molar-refractivity contribution is 5.04. The molecule has 2 fully saturated rings. The van der Waals surface area contributed by atoms with Gasteiger partial charge in [-0.15, -0.1) is 0 Å². The molecular formula is C12H19NO. The molecule has 2 unspecified atom stereocenters. The zero-order valence-corrected chi connectivity index (χ0v) is 9.12.